The average Bonchev–Trinajstić information content (AvgIpc) is 2.41. The highest BCUT2D eigenvalue weighted by molar-refractivity contribution is 5.89. The van der Waals surface area contributed by atoms with Gasteiger partial charge in [0.2, 0.25) is 5.91 Å². The Kier molecular flexibility index (Phi) is 3.38. The van der Waals surface area contributed by atoms with Crippen molar-refractivity contribution >= 4 is 17.6 Å². The van der Waals surface area contributed by atoms with Gasteiger partial charge in [-0.1, -0.05) is 12.1 Å². The number of piperazine rings is 1. The molecule has 2 rings (SSSR count). The highest BCUT2D eigenvalue weighted by Gasteiger charge is 2.35. The molecule has 1 unspecified atom stereocenters. The summed E-state index contributed by atoms with van der Waals surface area (Å²) in [5.41, 5.74) is 0.852. The molecule has 1 N–H and O–H groups in total. The van der Waals surface area contributed by atoms with Crippen molar-refractivity contribution in [3.05, 3.63) is 29.8 Å². The average molecular weight is 259 g/mol. The van der Waals surface area contributed by atoms with Gasteiger partial charge < -0.3 is 14.9 Å². The maximum absolute atomic E-state index is 11.8. The van der Waals surface area contributed by atoms with E-state index in [9.17, 15) is 14.7 Å². The number of benzene rings is 1. The molecule has 0 aliphatic carbocycles. The Hall–Kier alpha value is -2.55. The minimum atomic E-state index is -1.01. The molecule has 1 aliphatic rings. The van der Waals surface area contributed by atoms with Crippen molar-refractivity contribution < 1.29 is 14.7 Å². The van der Waals surface area contributed by atoms with Gasteiger partial charge in [-0.05, 0) is 12.1 Å². The molecule has 0 aromatic heterocycles. The van der Waals surface area contributed by atoms with E-state index >= 15 is 0 Å². The second-order valence-electron chi connectivity index (χ2n) is 4.39. The Balaban J connectivity index is 2.43. The number of para-hydroxylation sites is 1. The van der Waals surface area contributed by atoms with E-state index in [1.165, 1.54) is 9.80 Å². The van der Waals surface area contributed by atoms with Gasteiger partial charge in [0.25, 0.3) is 0 Å². The molecular weight excluding hydrogens is 246 g/mol. The summed E-state index contributed by atoms with van der Waals surface area (Å²) in [7, 11) is 1.58. The van der Waals surface area contributed by atoms with E-state index in [0.717, 1.165) is 0 Å². The standard InChI is InChI=1S/C13H13N3O3/c1-15-7-11(13(18)19)16(8-12(15)17)10-5-3-2-4-9(10)6-14/h2-5,11H,7-8H2,1H3,(H,18,19). The third kappa shape index (κ3) is 2.36. The van der Waals surface area contributed by atoms with Crippen LogP contribution in [0, 0.1) is 11.3 Å². The van der Waals surface area contributed by atoms with Gasteiger partial charge in [-0.25, -0.2) is 4.79 Å². The van der Waals surface area contributed by atoms with Crippen molar-refractivity contribution in [3.63, 3.8) is 0 Å². The van der Waals surface area contributed by atoms with E-state index < -0.39 is 12.0 Å². The largest absolute Gasteiger partial charge is 0.480 e. The van der Waals surface area contributed by atoms with Crippen LogP contribution >= 0.6 is 0 Å². The Morgan fingerprint density at radius 2 is 2.16 bits per heavy atom. The maximum Gasteiger partial charge on any atom is 0.328 e. The number of hydrogen-bond acceptors (Lipinski definition) is 4. The van der Waals surface area contributed by atoms with E-state index in [1.54, 1.807) is 31.3 Å². The van der Waals surface area contributed by atoms with Crippen LogP contribution in [0.25, 0.3) is 0 Å². The molecule has 19 heavy (non-hydrogen) atoms. The molecule has 1 aliphatic heterocycles. The number of carboxylic acids is 1. The minimum absolute atomic E-state index is 0.0356. The SMILES string of the molecule is CN1CC(C(=O)O)N(c2ccccc2C#N)CC1=O. The van der Waals surface area contributed by atoms with Crippen LogP contribution in [0.2, 0.25) is 0 Å². The van der Waals surface area contributed by atoms with Crippen LogP contribution < -0.4 is 4.90 Å². The zero-order valence-corrected chi connectivity index (χ0v) is 10.4. The van der Waals surface area contributed by atoms with Crippen LogP contribution in [0.1, 0.15) is 5.56 Å². The predicted octanol–water partition coefficient (Wildman–Crippen LogP) is 0.290. The fourth-order valence-electron chi connectivity index (χ4n) is 2.12. The number of likely N-dealkylation sites (N-methyl/N-ethyl adjacent to an activating group) is 1. The summed E-state index contributed by atoms with van der Waals surface area (Å²) in [6, 6.07) is 7.88. The Labute approximate surface area is 110 Å². The number of carbonyl (C=O) groups excluding carboxylic acids is 1. The maximum atomic E-state index is 11.8. The lowest BCUT2D eigenvalue weighted by atomic mass is 10.1. The molecule has 1 aromatic rings. The number of anilines is 1. The number of carbonyl (C=O) groups is 2. The monoisotopic (exact) mass is 259 g/mol. The van der Waals surface area contributed by atoms with Crippen LogP contribution in [0.4, 0.5) is 5.69 Å². The normalized spacial score (nSPS) is 19.2. The summed E-state index contributed by atoms with van der Waals surface area (Å²) < 4.78 is 0. The van der Waals surface area contributed by atoms with Crippen LogP contribution in [0.3, 0.4) is 0 Å². The number of carboxylic acid groups (broad SMARTS) is 1. The Morgan fingerprint density at radius 3 is 2.79 bits per heavy atom. The number of nitriles is 1. The topological polar surface area (TPSA) is 84.6 Å². The molecule has 0 spiro atoms. The first-order valence-corrected chi connectivity index (χ1v) is 5.77. The Bertz CT molecular complexity index is 564. The van der Waals surface area contributed by atoms with Crippen molar-refractivity contribution in [1.29, 1.82) is 5.26 Å². The van der Waals surface area contributed by atoms with Gasteiger partial charge in [-0.3, -0.25) is 4.79 Å². The summed E-state index contributed by atoms with van der Waals surface area (Å²) in [5, 5.41) is 18.3. The molecule has 0 bridgehead atoms. The van der Waals surface area contributed by atoms with Crippen molar-refractivity contribution in [2.75, 3.05) is 25.0 Å². The lowest BCUT2D eigenvalue weighted by molar-refractivity contribution is -0.141. The third-order valence-electron chi connectivity index (χ3n) is 3.17. The molecule has 1 heterocycles. The molecule has 6 heteroatoms. The van der Waals surface area contributed by atoms with Crippen molar-refractivity contribution in [1.82, 2.24) is 4.90 Å². The van der Waals surface area contributed by atoms with E-state index in [2.05, 4.69) is 0 Å². The molecule has 6 nitrogen and oxygen atoms in total. The molecule has 0 radical (unpaired) electrons. The van der Waals surface area contributed by atoms with Gasteiger partial charge in [-0.15, -0.1) is 0 Å². The van der Waals surface area contributed by atoms with E-state index in [0.29, 0.717) is 11.3 Å². The lowest BCUT2D eigenvalue weighted by Gasteiger charge is -2.38. The number of amides is 1. The summed E-state index contributed by atoms with van der Waals surface area (Å²) in [6.45, 7) is 0.0695. The van der Waals surface area contributed by atoms with Crippen molar-refractivity contribution in [3.8, 4) is 6.07 Å². The molecule has 1 fully saturated rings. The van der Waals surface area contributed by atoms with Gasteiger partial charge >= 0.3 is 5.97 Å². The first-order valence-electron chi connectivity index (χ1n) is 5.77. The van der Waals surface area contributed by atoms with E-state index in [1.807, 2.05) is 6.07 Å². The molecular formula is C13H13N3O3. The summed E-state index contributed by atoms with van der Waals surface area (Å²) in [4.78, 5) is 25.9. The number of rotatable bonds is 2. The number of aliphatic carboxylic acids is 1. The fraction of sp³-hybridized carbons (Fsp3) is 0.308. The third-order valence-corrected chi connectivity index (χ3v) is 3.17. The summed E-state index contributed by atoms with van der Waals surface area (Å²) >= 11 is 0. The van der Waals surface area contributed by atoms with E-state index in [-0.39, 0.29) is 19.0 Å². The van der Waals surface area contributed by atoms with Gasteiger partial charge in [-0.2, -0.15) is 5.26 Å². The zero-order chi connectivity index (χ0) is 14.0. The first kappa shape index (κ1) is 12.9. The number of hydrogen-bond donors (Lipinski definition) is 1. The van der Waals surface area contributed by atoms with Crippen LogP contribution in [-0.4, -0.2) is 48.1 Å². The molecule has 0 saturated carbocycles. The summed E-state index contributed by atoms with van der Waals surface area (Å²) in [5.74, 6) is -1.17. The second kappa shape index (κ2) is 4.98. The Morgan fingerprint density at radius 1 is 1.47 bits per heavy atom. The molecule has 98 valence electrons. The zero-order valence-electron chi connectivity index (χ0n) is 10.4. The smallest absolute Gasteiger partial charge is 0.328 e. The van der Waals surface area contributed by atoms with Gasteiger partial charge in [0, 0.05) is 7.05 Å². The summed E-state index contributed by atoms with van der Waals surface area (Å²) in [6.07, 6.45) is 0. The highest BCUT2D eigenvalue weighted by Crippen LogP contribution is 2.24. The molecule has 1 amide bonds. The fourth-order valence-corrected chi connectivity index (χ4v) is 2.12. The van der Waals surface area contributed by atoms with Crippen LogP contribution in [0.15, 0.2) is 24.3 Å². The van der Waals surface area contributed by atoms with Gasteiger partial charge in [0.1, 0.15) is 12.1 Å². The van der Waals surface area contributed by atoms with Gasteiger partial charge in [0.05, 0.1) is 24.3 Å². The minimum Gasteiger partial charge on any atom is -0.480 e. The quantitative estimate of drug-likeness (QED) is 0.825. The van der Waals surface area contributed by atoms with Gasteiger partial charge in [0.15, 0.2) is 0 Å². The van der Waals surface area contributed by atoms with Crippen molar-refractivity contribution in [2.24, 2.45) is 0 Å². The molecule has 1 saturated heterocycles. The van der Waals surface area contributed by atoms with E-state index in [4.69, 9.17) is 5.26 Å². The highest BCUT2D eigenvalue weighted by atomic mass is 16.4. The van der Waals surface area contributed by atoms with Crippen LogP contribution in [-0.2, 0) is 9.59 Å². The number of nitrogens with zero attached hydrogens (tertiary/aromatic N) is 3. The van der Waals surface area contributed by atoms with Crippen LogP contribution in [0.5, 0.6) is 0 Å². The lowest BCUT2D eigenvalue weighted by Crippen LogP contribution is -2.58. The predicted molar refractivity (Wildman–Crippen MR) is 67.6 cm³/mol. The molecule has 1 aromatic carbocycles. The first-order chi connectivity index (χ1) is 9.04. The molecule has 1 atom stereocenters. The second-order valence-corrected chi connectivity index (χ2v) is 4.39. The van der Waals surface area contributed by atoms with Crippen molar-refractivity contribution in [2.45, 2.75) is 6.04 Å².